The highest BCUT2D eigenvalue weighted by Crippen LogP contribution is 2.25. The van der Waals surface area contributed by atoms with E-state index in [0.29, 0.717) is 22.6 Å². The number of hydrogen-bond donors (Lipinski definition) is 2. The number of fused-ring (bicyclic) bond motifs is 1. The van der Waals surface area contributed by atoms with E-state index in [1.807, 2.05) is 0 Å². The van der Waals surface area contributed by atoms with Crippen molar-refractivity contribution in [2.45, 2.75) is 6.54 Å². The Labute approximate surface area is 86.5 Å². The minimum Gasteiger partial charge on any atom is -0.508 e. The summed E-state index contributed by atoms with van der Waals surface area (Å²) in [5, 5.41) is 10.0. The highest BCUT2D eigenvalue weighted by atomic mass is 16.5. The molecular weight excluding hydrogens is 194 g/mol. The van der Waals surface area contributed by atoms with Crippen LogP contribution in [0.15, 0.2) is 18.2 Å². The van der Waals surface area contributed by atoms with Crippen molar-refractivity contribution < 1.29 is 9.84 Å². The number of benzene rings is 1. The fourth-order valence-electron chi connectivity index (χ4n) is 1.38. The normalized spacial score (nSPS) is 10.5. The van der Waals surface area contributed by atoms with Gasteiger partial charge in [-0.05, 0) is 18.2 Å². The molecule has 5 nitrogen and oxygen atoms in total. The molecule has 1 aromatic heterocycles. The number of phenols is 1. The number of aromatic nitrogens is 2. The minimum absolute atomic E-state index is 0.157. The van der Waals surface area contributed by atoms with Crippen molar-refractivity contribution in [3.05, 3.63) is 24.0 Å². The SMILES string of the molecule is COc1nc(CN)nc2ccc(O)cc12. The molecule has 0 spiro atoms. The van der Waals surface area contributed by atoms with Gasteiger partial charge in [0.2, 0.25) is 5.88 Å². The van der Waals surface area contributed by atoms with Crippen LogP contribution in [0.2, 0.25) is 0 Å². The van der Waals surface area contributed by atoms with E-state index in [-0.39, 0.29) is 12.3 Å². The summed E-state index contributed by atoms with van der Waals surface area (Å²) in [5.41, 5.74) is 6.17. The Hall–Kier alpha value is -1.88. The molecule has 0 aliphatic rings. The third-order valence-corrected chi connectivity index (χ3v) is 2.07. The predicted octanol–water partition coefficient (Wildman–Crippen LogP) is 0.803. The van der Waals surface area contributed by atoms with Crippen LogP contribution in [-0.4, -0.2) is 22.2 Å². The first-order chi connectivity index (χ1) is 7.24. The van der Waals surface area contributed by atoms with Crippen molar-refractivity contribution in [3.8, 4) is 11.6 Å². The molecule has 1 heterocycles. The summed E-state index contributed by atoms with van der Waals surface area (Å²) in [4.78, 5) is 8.33. The van der Waals surface area contributed by atoms with E-state index in [2.05, 4.69) is 9.97 Å². The van der Waals surface area contributed by atoms with Gasteiger partial charge in [-0.25, -0.2) is 4.98 Å². The first-order valence-electron chi connectivity index (χ1n) is 4.48. The Bertz CT molecular complexity index is 499. The molecule has 0 fully saturated rings. The Morgan fingerprint density at radius 2 is 2.20 bits per heavy atom. The van der Waals surface area contributed by atoms with Gasteiger partial charge in [-0.15, -0.1) is 0 Å². The molecule has 5 heteroatoms. The van der Waals surface area contributed by atoms with E-state index in [1.165, 1.54) is 7.11 Å². The number of aromatic hydroxyl groups is 1. The molecule has 0 aliphatic carbocycles. The van der Waals surface area contributed by atoms with Gasteiger partial charge in [0.15, 0.2) is 0 Å². The summed E-state index contributed by atoms with van der Waals surface area (Å²) in [5.74, 6) is 1.10. The molecule has 2 rings (SSSR count). The van der Waals surface area contributed by atoms with Crippen molar-refractivity contribution in [3.63, 3.8) is 0 Å². The molecule has 15 heavy (non-hydrogen) atoms. The van der Waals surface area contributed by atoms with Crippen LogP contribution in [0.4, 0.5) is 0 Å². The average Bonchev–Trinajstić information content (AvgIpc) is 2.27. The number of nitrogens with two attached hydrogens (primary N) is 1. The Morgan fingerprint density at radius 1 is 1.40 bits per heavy atom. The number of phenolic OH excluding ortho intramolecular Hbond substituents is 1. The van der Waals surface area contributed by atoms with E-state index in [9.17, 15) is 5.11 Å². The molecule has 1 aromatic carbocycles. The summed E-state index contributed by atoms with van der Waals surface area (Å²) in [6.45, 7) is 0.257. The lowest BCUT2D eigenvalue weighted by atomic mass is 10.2. The lowest BCUT2D eigenvalue weighted by Gasteiger charge is -2.06. The summed E-state index contributed by atoms with van der Waals surface area (Å²) in [6.07, 6.45) is 0. The van der Waals surface area contributed by atoms with Gasteiger partial charge in [-0.3, -0.25) is 0 Å². The molecular formula is C10H11N3O2. The third kappa shape index (κ3) is 1.69. The van der Waals surface area contributed by atoms with Crippen LogP contribution >= 0.6 is 0 Å². The molecule has 0 unspecified atom stereocenters. The Kier molecular flexibility index (Phi) is 2.39. The van der Waals surface area contributed by atoms with Gasteiger partial charge in [-0.2, -0.15) is 4.98 Å². The van der Waals surface area contributed by atoms with Crippen molar-refractivity contribution in [1.29, 1.82) is 0 Å². The molecule has 3 N–H and O–H groups in total. The van der Waals surface area contributed by atoms with Crippen molar-refractivity contribution >= 4 is 10.9 Å². The highest BCUT2D eigenvalue weighted by Gasteiger charge is 2.07. The first kappa shape index (κ1) is 9.67. The standard InChI is InChI=1S/C10H11N3O2/c1-15-10-7-4-6(14)2-3-8(7)12-9(5-11)13-10/h2-4,14H,5,11H2,1H3. The van der Waals surface area contributed by atoms with Crippen LogP contribution in [0.25, 0.3) is 10.9 Å². The topological polar surface area (TPSA) is 81.3 Å². The number of nitrogens with zero attached hydrogens (tertiary/aromatic N) is 2. The van der Waals surface area contributed by atoms with Crippen molar-refractivity contribution in [1.82, 2.24) is 9.97 Å². The molecule has 0 atom stereocenters. The summed E-state index contributed by atoms with van der Waals surface area (Å²) in [6, 6.07) is 4.83. The largest absolute Gasteiger partial charge is 0.508 e. The van der Waals surface area contributed by atoms with Crippen LogP contribution in [0.5, 0.6) is 11.6 Å². The van der Waals surface area contributed by atoms with E-state index in [1.54, 1.807) is 18.2 Å². The fraction of sp³-hybridized carbons (Fsp3) is 0.200. The van der Waals surface area contributed by atoms with E-state index in [0.717, 1.165) is 0 Å². The molecule has 0 amide bonds. The molecule has 0 saturated carbocycles. The van der Waals surface area contributed by atoms with Gasteiger partial charge in [0.05, 0.1) is 24.6 Å². The zero-order chi connectivity index (χ0) is 10.8. The van der Waals surface area contributed by atoms with Crippen molar-refractivity contribution in [2.75, 3.05) is 7.11 Å². The third-order valence-electron chi connectivity index (χ3n) is 2.07. The number of hydrogen-bond acceptors (Lipinski definition) is 5. The average molecular weight is 205 g/mol. The molecule has 0 aliphatic heterocycles. The molecule has 2 aromatic rings. The molecule has 0 radical (unpaired) electrons. The lowest BCUT2D eigenvalue weighted by molar-refractivity contribution is 0.400. The Morgan fingerprint density at radius 3 is 2.87 bits per heavy atom. The Balaban J connectivity index is 2.75. The zero-order valence-corrected chi connectivity index (χ0v) is 8.27. The lowest BCUT2D eigenvalue weighted by Crippen LogP contribution is -2.04. The quantitative estimate of drug-likeness (QED) is 0.758. The summed E-state index contributed by atoms with van der Waals surface area (Å²) >= 11 is 0. The second-order valence-corrected chi connectivity index (χ2v) is 3.05. The zero-order valence-electron chi connectivity index (χ0n) is 8.27. The van der Waals surface area contributed by atoms with Crippen LogP contribution in [0.3, 0.4) is 0 Å². The first-order valence-corrected chi connectivity index (χ1v) is 4.48. The van der Waals surface area contributed by atoms with Crippen LogP contribution in [-0.2, 0) is 6.54 Å². The number of methoxy groups -OCH3 is 1. The smallest absolute Gasteiger partial charge is 0.224 e. The van der Waals surface area contributed by atoms with Gasteiger partial charge in [0.1, 0.15) is 11.6 Å². The van der Waals surface area contributed by atoms with E-state index < -0.39 is 0 Å². The second kappa shape index (κ2) is 3.70. The maximum atomic E-state index is 9.34. The van der Waals surface area contributed by atoms with Gasteiger partial charge in [-0.1, -0.05) is 0 Å². The molecule has 0 saturated heterocycles. The number of ether oxygens (including phenoxy) is 1. The number of rotatable bonds is 2. The van der Waals surface area contributed by atoms with Crippen LogP contribution in [0.1, 0.15) is 5.82 Å². The molecule has 78 valence electrons. The summed E-state index contributed by atoms with van der Waals surface area (Å²) in [7, 11) is 1.52. The van der Waals surface area contributed by atoms with E-state index >= 15 is 0 Å². The van der Waals surface area contributed by atoms with E-state index in [4.69, 9.17) is 10.5 Å². The van der Waals surface area contributed by atoms with Gasteiger partial charge in [0, 0.05) is 0 Å². The van der Waals surface area contributed by atoms with Gasteiger partial charge in [0.25, 0.3) is 0 Å². The van der Waals surface area contributed by atoms with Gasteiger partial charge >= 0.3 is 0 Å². The highest BCUT2D eigenvalue weighted by molar-refractivity contribution is 5.84. The fourth-order valence-corrected chi connectivity index (χ4v) is 1.38. The summed E-state index contributed by atoms with van der Waals surface area (Å²) < 4.78 is 5.11. The molecule has 0 bridgehead atoms. The van der Waals surface area contributed by atoms with Crippen LogP contribution < -0.4 is 10.5 Å². The predicted molar refractivity (Wildman–Crippen MR) is 55.6 cm³/mol. The second-order valence-electron chi connectivity index (χ2n) is 3.05. The maximum absolute atomic E-state index is 9.34. The van der Waals surface area contributed by atoms with Crippen LogP contribution in [0, 0.1) is 0 Å². The minimum atomic E-state index is 0.157. The van der Waals surface area contributed by atoms with Crippen molar-refractivity contribution in [2.24, 2.45) is 5.73 Å². The monoisotopic (exact) mass is 205 g/mol. The van der Waals surface area contributed by atoms with Gasteiger partial charge < -0.3 is 15.6 Å². The maximum Gasteiger partial charge on any atom is 0.224 e.